The summed E-state index contributed by atoms with van der Waals surface area (Å²) >= 11 is 0. The first-order chi connectivity index (χ1) is 9.81. The number of hydrogen-bond acceptors (Lipinski definition) is 5. The molecule has 0 radical (unpaired) electrons. The number of rotatable bonds is 3. The lowest BCUT2D eigenvalue weighted by molar-refractivity contribution is 0.122. The molecule has 0 unspecified atom stereocenters. The number of morpholine rings is 1. The molecule has 0 aliphatic carbocycles. The average Bonchev–Trinajstić information content (AvgIpc) is 2.51. The third kappa shape index (κ3) is 3.49. The minimum atomic E-state index is -0.600. The van der Waals surface area contributed by atoms with Crippen molar-refractivity contribution in [2.75, 3.05) is 48.0 Å². The lowest BCUT2D eigenvalue weighted by atomic mass is 10.1. The van der Waals surface area contributed by atoms with Crippen LogP contribution in [-0.4, -0.2) is 53.0 Å². The molecule has 2 saturated heterocycles. The van der Waals surface area contributed by atoms with Crippen molar-refractivity contribution in [2.24, 2.45) is 0 Å². The van der Waals surface area contributed by atoms with Gasteiger partial charge in [-0.2, -0.15) is 0 Å². The van der Waals surface area contributed by atoms with Crippen LogP contribution >= 0.6 is 0 Å². The fourth-order valence-electron chi connectivity index (χ4n) is 2.62. The lowest BCUT2D eigenvalue weighted by Gasteiger charge is -2.28. The Bertz CT molecular complexity index is 450. The topological polar surface area (TPSA) is 54.5 Å². The molecular weight excluding hydrogens is 274 g/mol. The molecule has 0 atom stereocenters. The first-order valence-electron chi connectivity index (χ1n) is 7.21. The number of aromatic nitrogens is 1. The maximum absolute atomic E-state index is 11.3. The Morgan fingerprint density at radius 1 is 1.25 bits per heavy atom. The summed E-state index contributed by atoms with van der Waals surface area (Å²) in [5.74, 6) is 2.65. The van der Waals surface area contributed by atoms with Gasteiger partial charge in [0.25, 0.3) is 0 Å². The van der Waals surface area contributed by atoms with Gasteiger partial charge in [0.05, 0.1) is 25.1 Å². The standard InChI is InChI=1S/C14H21N3O2S/c18-20-9-3-12(4-10-20)16-13-1-2-14(15-11-13)17-5-7-19-8-6-17/h1-2,11-12,16H,3-10H2. The van der Waals surface area contributed by atoms with E-state index in [9.17, 15) is 4.21 Å². The van der Waals surface area contributed by atoms with Crippen molar-refractivity contribution in [3.8, 4) is 0 Å². The molecule has 1 aromatic rings. The molecule has 0 aromatic carbocycles. The number of ether oxygens (including phenoxy) is 1. The molecule has 1 N–H and O–H groups in total. The highest BCUT2D eigenvalue weighted by Gasteiger charge is 2.18. The zero-order valence-corrected chi connectivity index (χ0v) is 12.4. The van der Waals surface area contributed by atoms with Gasteiger partial charge in [0, 0.05) is 41.4 Å². The second-order valence-corrected chi connectivity index (χ2v) is 6.97. The number of pyridine rings is 1. The number of nitrogens with zero attached hydrogens (tertiary/aromatic N) is 2. The molecule has 0 bridgehead atoms. The first kappa shape index (κ1) is 13.8. The molecule has 6 heteroatoms. The Morgan fingerprint density at radius 2 is 2.00 bits per heavy atom. The summed E-state index contributed by atoms with van der Waals surface area (Å²) in [6.07, 6.45) is 3.87. The van der Waals surface area contributed by atoms with Crippen LogP contribution in [0.5, 0.6) is 0 Å². The molecule has 0 spiro atoms. The normalized spacial score (nSPS) is 27.3. The van der Waals surface area contributed by atoms with Crippen LogP contribution in [0.15, 0.2) is 18.3 Å². The van der Waals surface area contributed by atoms with Gasteiger partial charge in [-0.25, -0.2) is 4.98 Å². The molecule has 110 valence electrons. The second kappa shape index (κ2) is 6.54. The van der Waals surface area contributed by atoms with Crippen molar-refractivity contribution >= 4 is 22.3 Å². The van der Waals surface area contributed by atoms with E-state index in [0.717, 1.165) is 62.2 Å². The fraction of sp³-hybridized carbons (Fsp3) is 0.643. The molecule has 3 rings (SSSR count). The maximum atomic E-state index is 11.3. The molecule has 2 fully saturated rings. The van der Waals surface area contributed by atoms with E-state index >= 15 is 0 Å². The van der Waals surface area contributed by atoms with Crippen LogP contribution in [0.4, 0.5) is 11.5 Å². The minimum Gasteiger partial charge on any atom is -0.381 e. The van der Waals surface area contributed by atoms with Crippen molar-refractivity contribution in [2.45, 2.75) is 18.9 Å². The Labute approximate surface area is 122 Å². The summed E-state index contributed by atoms with van der Waals surface area (Å²) in [4.78, 5) is 6.78. The van der Waals surface area contributed by atoms with E-state index in [1.165, 1.54) is 0 Å². The largest absolute Gasteiger partial charge is 0.381 e. The van der Waals surface area contributed by atoms with Crippen LogP contribution in [0.3, 0.4) is 0 Å². The van der Waals surface area contributed by atoms with Gasteiger partial charge in [0.1, 0.15) is 5.82 Å². The van der Waals surface area contributed by atoms with Gasteiger partial charge in [-0.15, -0.1) is 0 Å². The third-order valence-corrected chi connectivity index (χ3v) is 5.22. The molecular formula is C14H21N3O2S. The zero-order chi connectivity index (χ0) is 13.8. The molecule has 2 aliphatic rings. The fourth-order valence-corrected chi connectivity index (χ4v) is 3.92. The minimum absolute atomic E-state index is 0.434. The molecule has 0 amide bonds. The highest BCUT2D eigenvalue weighted by atomic mass is 32.2. The van der Waals surface area contributed by atoms with Crippen LogP contribution in [0, 0.1) is 0 Å². The van der Waals surface area contributed by atoms with Crippen molar-refractivity contribution in [1.82, 2.24) is 4.98 Å². The van der Waals surface area contributed by atoms with Crippen molar-refractivity contribution in [3.63, 3.8) is 0 Å². The van der Waals surface area contributed by atoms with Gasteiger partial charge < -0.3 is 15.0 Å². The summed E-state index contributed by atoms with van der Waals surface area (Å²) in [5, 5.41) is 3.49. The summed E-state index contributed by atoms with van der Waals surface area (Å²) in [6, 6.07) is 4.58. The molecule has 2 aliphatic heterocycles. The summed E-state index contributed by atoms with van der Waals surface area (Å²) in [5.41, 5.74) is 1.06. The molecule has 5 nitrogen and oxygen atoms in total. The summed E-state index contributed by atoms with van der Waals surface area (Å²) in [6.45, 7) is 3.38. The Hall–Kier alpha value is -1.14. The van der Waals surface area contributed by atoms with Gasteiger partial charge >= 0.3 is 0 Å². The highest BCUT2D eigenvalue weighted by Crippen LogP contribution is 2.19. The van der Waals surface area contributed by atoms with Crippen LogP contribution in [0.2, 0.25) is 0 Å². The van der Waals surface area contributed by atoms with Crippen molar-refractivity contribution < 1.29 is 8.95 Å². The molecule has 1 aromatic heterocycles. The van der Waals surface area contributed by atoms with Gasteiger partial charge in [0.2, 0.25) is 0 Å². The predicted molar refractivity (Wildman–Crippen MR) is 81.8 cm³/mol. The van der Waals surface area contributed by atoms with Gasteiger partial charge in [-0.05, 0) is 25.0 Å². The van der Waals surface area contributed by atoms with Crippen LogP contribution < -0.4 is 10.2 Å². The van der Waals surface area contributed by atoms with E-state index in [-0.39, 0.29) is 0 Å². The smallest absolute Gasteiger partial charge is 0.128 e. The monoisotopic (exact) mass is 295 g/mol. The second-order valence-electron chi connectivity index (χ2n) is 5.27. The number of hydrogen-bond donors (Lipinski definition) is 1. The van der Waals surface area contributed by atoms with Crippen LogP contribution in [0.25, 0.3) is 0 Å². The predicted octanol–water partition coefficient (Wildman–Crippen LogP) is 1.24. The SMILES string of the molecule is O=S1CCC(Nc2ccc(N3CCOCC3)nc2)CC1. The molecule has 20 heavy (non-hydrogen) atoms. The van der Waals surface area contributed by atoms with E-state index in [4.69, 9.17) is 4.74 Å². The Kier molecular flexibility index (Phi) is 4.52. The third-order valence-electron chi connectivity index (χ3n) is 3.84. The average molecular weight is 295 g/mol. The van der Waals surface area contributed by atoms with E-state index in [2.05, 4.69) is 27.3 Å². The Morgan fingerprint density at radius 3 is 2.65 bits per heavy atom. The molecule has 0 saturated carbocycles. The summed E-state index contributed by atoms with van der Waals surface area (Å²) in [7, 11) is -0.600. The van der Waals surface area contributed by atoms with E-state index < -0.39 is 10.8 Å². The van der Waals surface area contributed by atoms with Crippen molar-refractivity contribution in [1.29, 1.82) is 0 Å². The first-order valence-corrected chi connectivity index (χ1v) is 8.70. The van der Waals surface area contributed by atoms with Crippen LogP contribution in [0.1, 0.15) is 12.8 Å². The Balaban J connectivity index is 1.57. The number of anilines is 2. The van der Waals surface area contributed by atoms with E-state index in [0.29, 0.717) is 6.04 Å². The van der Waals surface area contributed by atoms with E-state index in [1.807, 2.05) is 6.20 Å². The number of nitrogens with one attached hydrogen (secondary N) is 1. The van der Waals surface area contributed by atoms with Crippen LogP contribution in [-0.2, 0) is 15.5 Å². The summed E-state index contributed by atoms with van der Waals surface area (Å²) < 4.78 is 16.7. The van der Waals surface area contributed by atoms with Gasteiger partial charge in [-0.3, -0.25) is 4.21 Å². The van der Waals surface area contributed by atoms with Gasteiger partial charge in [-0.1, -0.05) is 0 Å². The highest BCUT2D eigenvalue weighted by molar-refractivity contribution is 7.85. The maximum Gasteiger partial charge on any atom is 0.128 e. The zero-order valence-electron chi connectivity index (χ0n) is 11.6. The van der Waals surface area contributed by atoms with E-state index in [1.54, 1.807) is 0 Å². The quantitative estimate of drug-likeness (QED) is 0.909. The van der Waals surface area contributed by atoms with Crippen molar-refractivity contribution in [3.05, 3.63) is 18.3 Å². The molecule has 3 heterocycles. The van der Waals surface area contributed by atoms with Gasteiger partial charge in [0.15, 0.2) is 0 Å². The lowest BCUT2D eigenvalue weighted by Crippen LogP contribution is -2.36.